The molecule has 1 unspecified atom stereocenters. The molecule has 13 nitrogen and oxygen atoms in total. The highest BCUT2D eigenvalue weighted by atomic mass is 32.2. The molecule has 1 atom stereocenters. The number of nitriles is 1. The van der Waals surface area contributed by atoms with Crippen molar-refractivity contribution in [2.24, 2.45) is 0 Å². The van der Waals surface area contributed by atoms with Gasteiger partial charge in [0.15, 0.2) is 5.54 Å². The molecule has 2 aromatic carbocycles. The maximum Gasteiger partial charge on any atom is 0.318 e. The van der Waals surface area contributed by atoms with Crippen molar-refractivity contribution in [1.82, 2.24) is 25.0 Å². The zero-order valence-electron chi connectivity index (χ0n) is 29.1. The molecule has 15 heteroatoms. The molecule has 0 saturated carbocycles. The van der Waals surface area contributed by atoms with Gasteiger partial charge in [0.1, 0.15) is 22.5 Å². The number of halogens is 1. The molecule has 0 aliphatic carbocycles. The largest absolute Gasteiger partial charge is 0.495 e. The van der Waals surface area contributed by atoms with E-state index in [4.69, 9.17) is 9.47 Å². The number of likely N-dealkylation sites (tertiary alicyclic amines) is 1. The summed E-state index contributed by atoms with van der Waals surface area (Å²) >= 11 is 0. The Morgan fingerprint density at radius 1 is 1.08 bits per heavy atom. The number of ether oxygens (including phenoxy) is 2. The molecule has 2 fully saturated rings. The van der Waals surface area contributed by atoms with Crippen molar-refractivity contribution in [2.75, 3.05) is 57.3 Å². The fourth-order valence-corrected chi connectivity index (χ4v) is 8.95. The quantitative estimate of drug-likeness (QED) is 0.347. The third-order valence-electron chi connectivity index (χ3n) is 10.0. The van der Waals surface area contributed by atoms with Crippen molar-refractivity contribution < 1.29 is 31.9 Å². The van der Waals surface area contributed by atoms with E-state index in [1.165, 1.54) is 43.6 Å². The van der Waals surface area contributed by atoms with Crippen LogP contribution in [0.4, 0.5) is 14.9 Å². The molecule has 1 aromatic heterocycles. The Labute approximate surface area is 297 Å². The van der Waals surface area contributed by atoms with Gasteiger partial charge in [0.2, 0.25) is 5.88 Å². The number of urea groups is 1. The maximum absolute atomic E-state index is 15.6. The predicted molar refractivity (Wildman–Crippen MR) is 186 cm³/mol. The fourth-order valence-electron chi connectivity index (χ4n) is 7.34. The number of carbonyl (C=O) groups excluding carboxylic acids is 2. The highest BCUT2D eigenvalue weighted by Gasteiger charge is 2.59. The van der Waals surface area contributed by atoms with Gasteiger partial charge in [-0.2, -0.15) is 9.57 Å². The van der Waals surface area contributed by atoms with E-state index in [1.54, 1.807) is 24.0 Å². The molecule has 0 bridgehead atoms. The number of hydrogen-bond donors (Lipinski definition) is 1. The number of nitrogens with zero attached hydrogens (tertiary/aromatic N) is 6. The van der Waals surface area contributed by atoms with Gasteiger partial charge in [-0.3, -0.25) is 9.69 Å². The normalized spacial score (nSPS) is 20.3. The van der Waals surface area contributed by atoms with Crippen LogP contribution in [0.3, 0.4) is 0 Å². The van der Waals surface area contributed by atoms with Gasteiger partial charge in [0, 0.05) is 50.0 Å². The van der Waals surface area contributed by atoms with Gasteiger partial charge in [0.05, 0.1) is 30.5 Å². The lowest BCUT2D eigenvalue weighted by Gasteiger charge is -2.44. The molecule has 3 aliphatic rings. The average Bonchev–Trinajstić information content (AvgIpc) is 3.38. The maximum atomic E-state index is 15.6. The summed E-state index contributed by atoms with van der Waals surface area (Å²) in [6, 6.07) is 12.6. The van der Waals surface area contributed by atoms with Gasteiger partial charge in [-0.1, -0.05) is 12.1 Å². The van der Waals surface area contributed by atoms with E-state index < -0.39 is 38.9 Å². The number of carbonyl (C=O) groups is 2. The SMILES string of the molecule is CCOc1ncccc1C1(NC(=O)N2CCN(C3CCN(C(C)C)CC3)CC2)C(=O)N(S(=O)(=O)c2ccccc2OC)c2cc(C#N)c(F)cc21. The number of fused-ring (bicyclic) bond motifs is 1. The van der Waals surface area contributed by atoms with Crippen molar-refractivity contribution in [2.45, 2.75) is 56.1 Å². The van der Waals surface area contributed by atoms with Gasteiger partial charge in [-0.05, 0) is 83.1 Å². The molecule has 270 valence electrons. The minimum Gasteiger partial charge on any atom is -0.495 e. The van der Waals surface area contributed by atoms with E-state index in [9.17, 15) is 18.5 Å². The number of aromatic nitrogens is 1. The first-order valence-electron chi connectivity index (χ1n) is 17.1. The zero-order chi connectivity index (χ0) is 36.5. The van der Waals surface area contributed by atoms with Crippen molar-refractivity contribution in [3.05, 3.63) is 77.2 Å². The highest BCUT2D eigenvalue weighted by molar-refractivity contribution is 7.93. The monoisotopic (exact) mass is 719 g/mol. The number of amides is 3. The van der Waals surface area contributed by atoms with Crippen LogP contribution in [0.2, 0.25) is 0 Å². The molecule has 3 amide bonds. The molecule has 3 aromatic rings. The third kappa shape index (κ3) is 6.36. The Morgan fingerprint density at radius 2 is 1.78 bits per heavy atom. The molecular weight excluding hydrogens is 678 g/mol. The number of anilines is 1. The summed E-state index contributed by atoms with van der Waals surface area (Å²) in [5.74, 6) is -2.23. The van der Waals surface area contributed by atoms with Gasteiger partial charge < -0.3 is 24.6 Å². The van der Waals surface area contributed by atoms with Crippen LogP contribution in [0.1, 0.15) is 50.3 Å². The van der Waals surface area contributed by atoms with Gasteiger partial charge in [0.25, 0.3) is 15.9 Å². The molecule has 2 saturated heterocycles. The van der Waals surface area contributed by atoms with E-state index >= 15 is 9.18 Å². The Balaban J connectivity index is 1.42. The van der Waals surface area contributed by atoms with Gasteiger partial charge in [-0.15, -0.1) is 0 Å². The Morgan fingerprint density at radius 3 is 2.43 bits per heavy atom. The number of para-hydroxylation sites is 1. The lowest BCUT2D eigenvalue weighted by Crippen LogP contribution is -2.61. The Kier molecular flexibility index (Phi) is 10.2. The fraction of sp³-hybridized carbons (Fsp3) is 0.444. The average molecular weight is 720 g/mol. The van der Waals surface area contributed by atoms with Crippen molar-refractivity contribution >= 4 is 27.6 Å². The number of hydrogen-bond acceptors (Lipinski definition) is 10. The van der Waals surface area contributed by atoms with Crippen LogP contribution in [0.15, 0.2) is 59.6 Å². The second kappa shape index (κ2) is 14.5. The first-order valence-corrected chi connectivity index (χ1v) is 18.5. The molecule has 3 aliphatic heterocycles. The first kappa shape index (κ1) is 36.0. The summed E-state index contributed by atoms with van der Waals surface area (Å²) < 4.78 is 56.3. The van der Waals surface area contributed by atoms with E-state index in [0.717, 1.165) is 38.1 Å². The predicted octanol–water partition coefficient (Wildman–Crippen LogP) is 3.68. The minimum absolute atomic E-state index is 0.00355. The summed E-state index contributed by atoms with van der Waals surface area (Å²) in [5.41, 5.74) is -3.30. The number of piperazine rings is 1. The zero-order valence-corrected chi connectivity index (χ0v) is 30.0. The second-order valence-corrected chi connectivity index (χ2v) is 14.8. The van der Waals surface area contributed by atoms with Gasteiger partial charge >= 0.3 is 6.03 Å². The van der Waals surface area contributed by atoms with E-state index in [-0.39, 0.29) is 39.9 Å². The van der Waals surface area contributed by atoms with Crippen molar-refractivity contribution in [1.29, 1.82) is 5.26 Å². The number of methoxy groups -OCH3 is 1. The topological polar surface area (TPSA) is 148 Å². The summed E-state index contributed by atoms with van der Waals surface area (Å²) in [4.78, 5) is 39.8. The van der Waals surface area contributed by atoms with Crippen LogP contribution in [0.25, 0.3) is 0 Å². The standard InChI is InChI=1S/C36H42FN7O6S/c1-5-50-33-27(9-8-14-39-33)36(40-35(46)43-19-17-42(18-20-43)26-12-15-41(16-13-26)24(2)3)28-22-29(37)25(23-38)21-30(28)44(34(36)45)51(47,48)32-11-7-6-10-31(32)49-4/h6-11,14,21-22,24,26H,5,12-13,15-20H2,1-4H3,(H,40,46). The molecule has 51 heavy (non-hydrogen) atoms. The van der Waals surface area contributed by atoms with E-state index in [2.05, 4.69) is 33.9 Å². The van der Waals surface area contributed by atoms with Crippen LogP contribution in [-0.4, -0.2) is 105 Å². The lowest BCUT2D eigenvalue weighted by molar-refractivity contribution is -0.121. The number of pyridine rings is 1. The summed E-state index contributed by atoms with van der Waals surface area (Å²) in [6.45, 7) is 10.2. The summed E-state index contributed by atoms with van der Waals surface area (Å²) in [7, 11) is -3.49. The van der Waals surface area contributed by atoms with Crippen LogP contribution in [0.5, 0.6) is 11.6 Å². The molecule has 0 spiro atoms. The molecule has 1 N–H and O–H groups in total. The molecule has 0 radical (unpaired) electrons. The molecular formula is C36H42FN7O6S. The van der Waals surface area contributed by atoms with Crippen LogP contribution < -0.4 is 19.1 Å². The minimum atomic E-state index is -4.79. The number of nitrogens with one attached hydrogen (secondary N) is 1. The van der Waals surface area contributed by atoms with Crippen LogP contribution in [-0.2, 0) is 20.4 Å². The Bertz CT molecular complexity index is 1960. The summed E-state index contributed by atoms with van der Waals surface area (Å²) in [5, 5.41) is 12.6. The molecule has 6 rings (SSSR count). The first-order chi connectivity index (χ1) is 24.5. The highest BCUT2D eigenvalue weighted by Crippen LogP contribution is 2.50. The Hall–Kier alpha value is -4.78. The van der Waals surface area contributed by atoms with Crippen molar-refractivity contribution in [3.63, 3.8) is 0 Å². The number of rotatable bonds is 9. The van der Waals surface area contributed by atoms with E-state index in [1.807, 2.05) is 0 Å². The lowest BCUT2D eigenvalue weighted by atomic mass is 9.83. The number of benzene rings is 2. The van der Waals surface area contributed by atoms with Crippen molar-refractivity contribution in [3.8, 4) is 17.7 Å². The van der Waals surface area contributed by atoms with E-state index in [0.29, 0.717) is 42.6 Å². The van der Waals surface area contributed by atoms with Crippen LogP contribution in [0, 0.1) is 17.1 Å². The van der Waals surface area contributed by atoms with Crippen LogP contribution >= 0.6 is 0 Å². The smallest absolute Gasteiger partial charge is 0.318 e. The second-order valence-electron chi connectivity index (χ2n) is 13.0. The number of sulfonamides is 1. The third-order valence-corrected chi connectivity index (χ3v) is 11.8. The summed E-state index contributed by atoms with van der Waals surface area (Å²) in [6.07, 6.45) is 3.50. The molecule has 4 heterocycles. The number of piperidine rings is 1. The van der Waals surface area contributed by atoms with Gasteiger partial charge in [-0.25, -0.2) is 22.6 Å².